The zero-order valence-corrected chi connectivity index (χ0v) is 16.0. The number of likely N-dealkylation sites (tertiary alicyclic amines) is 2. The van der Waals surface area contributed by atoms with E-state index in [9.17, 15) is 9.59 Å². The predicted molar refractivity (Wildman–Crippen MR) is 102 cm³/mol. The minimum atomic E-state index is -0.0367. The molecule has 0 spiro atoms. The first-order chi connectivity index (χ1) is 12.5. The summed E-state index contributed by atoms with van der Waals surface area (Å²) in [5.41, 5.74) is 1.26. The standard InChI is InChI=1S/C19H27ClN4O2/c1-14(25)21-18-8-11-24(13-18)19(26)22-17-6-9-23(10-7-17)12-15-2-4-16(20)5-3-15/h2-5,17-18H,6-13H2,1H3,(H,21,25)(H,22,26)/t18-/m0/s1. The van der Waals surface area contributed by atoms with Crippen LogP contribution >= 0.6 is 11.6 Å². The molecule has 7 heteroatoms. The van der Waals surface area contributed by atoms with Gasteiger partial charge in [0.05, 0.1) is 0 Å². The van der Waals surface area contributed by atoms with Crippen LogP contribution in [0.2, 0.25) is 5.02 Å². The van der Waals surface area contributed by atoms with Crippen molar-refractivity contribution >= 4 is 23.5 Å². The molecule has 6 nitrogen and oxygen atoms in total. The number of urea groups is 1. The Morgan fingerprint density at radius 3 is 2.35 bits per heavy atom. The normalized spacial score (nSPS) is 21.6. The maximum atomic E-state index is 12.4. The average Bonchev–Trinajstić information content (AvgIpc) is 3.06. The van der Waals surface area contributed by atoms with Crippen LogP contribution in [-0.2, 0) is 11.3 Å². The van der Waals surface area contributed by atoms with Crippen molar-refractivity contribution in [2.45, 2.75) is 44.8 Å². The molecule has 1 atom stereocenters. The molecule has 0 aromatic heterocycles. The minimum absolute atomic E-state index is 0.00555. The zero-order chi connectivity index (χ0) is 18.5. The van der Waals surface area contributed by atoms with Gasteiger partial charge in [-0.3, -0.25) is 9.69 Å². The van der Waals surface area contributed by atoms with Crippen molar-refractivity contribution in [3.63, 3.8) is 0 Å². The summed E-state index contributed by atoms with van der Waals surface area (Å²) < 4.78 is 0. The van der Waals surface area contributed by atoms with Gasteiger partial charge in [-0.1, -0.05) is 23.7 Å². The molecule has 0 radical (unpaired) electrons. The third-order valence-electron chi connectivity index (χ3n) is 5.12. The maximum absolute atomic E-state index is 12.4. The van der Waals surface area contributed by atoms with Gasteiger partial charge in [0, 0.05) is 56.8 Å². The highest BCUT2D eigenvalue weighted by molar-refractivity contribution is 6.30. The number of piperidine rings is 1. The van der Waals surface area contributed by atoms with E-state index >= 15 is 0 Å². The van der Waals surface area contributed by atoms with Crippen LogP contribution in [0.5, 0.6) is 0 Å². The Bertz CT molecular complexity index is 629. The van der Waals surface area contributed by atoms with E-state index in [0.29, 0.717) is 13.1 Å². The molecule has 2 aliphatic rings. The van der Waals surface area contributed by atoms with Crippen molar-refractivity contribution in [3.8, 4) is 0 Å². The molecule has 26 heavy (non-hydrogen) atoms. The molecule has 0 unspecified atom stereocenters. The van der Waals surface area contributed by atoms with E-state index in [0.717, 1.165) is 43.9 Å². The van der Waals surface area contributed by atoms with E-state index in [-0.39, 0.29) is 24.0 Å². The van der Waals surface area contributed by atoms with Crippen LogP contribution < -0.4 is 10.6 Å². The maximum Gasteiger partial charge on any atom is 0.317 e. The van der Waals surface area contributed by atoms with Gasteiger partial charge in [-0.2, -0.15) is 0 Å². The van der Waals surface area contributed by atoms with Crippen LogP contribution in [0.1, 0.15) is 31.7 Å². The molecule has 1 aromatic rings. The van der Waals surface area contributed by atoms with Crippen molar-refractivity contribution in [1.29, 1.82) is 0 Å². The Kier molecular flexibility index (Phi) is 6.38. The number of hydrogen-bond donors (Lipinski definition) is 2. The average molecular weight is 379 g/mol. The Balaban J connectivity index is 1.39. The van der Waals surface area contributed by atoms with E-state index in [4.69, 9.17) is 11.6 Å². The SMILES string of the molecule is CC(=O)N[C@H]1CCN(C(=O)NC2CCN(Cc3ccc(Cl)cc3)CC2)C1. The summed E-state index contributed by atoms with van der Waals surface area (Å²) in [6.45, 7) is 5.68. The monoisotopic (exact) mass is 378 g/mol. The quantitative estimate of drug-likeness (QED) is 0.844. The fourth-order valence-corrected chi connectivity index (χ4v) is 3.83. The second-order valence-electron chi connectivity index (χ2n) is 7.26. The number of amides is 3. The van der Waals surface area contributed by atoms with Gasteiger partial charge in [0.2, 0.25) is 5.91 Å². The van der Waals surface area contributed by atoms with E-state index in [1.807, 2.05) is 12.1 Å². The number of nitrogens with one attached hydrogen (secondary N) is 2. The van der Waals surface area contributed by atoms with Crippen molar-refractivity contribution < 1.29 is 9.59 Å². The molecule has 2 saturated heterocycles. The second kappa shape index (κ2) is 8.73. The van der Waals surface area contributed by atoms with Crippen LogP contribution in [0.25, 0.3) is 0 Å². The number of hydrogen-bond acceptors (Lipinski definition) is 3. The lowest BCUT2D eigenvalue weighted by molar-refractivity contribution is -0.119. The summed E-state index contributed by atoms with van der Waals surface area (Å²) in [5.74, 6) is -0.0367. The first-order valence-corrected chi connectivity index (χ1v) is 9.67. The summed E-state index contributed by atoms with van der Waals surface area (Å²) in [5, 5.41) is 6.81. The highest BCUT2D eigenvalue weighted by Gasteiger charge is 2.28. The highest BCUT2D eigenvalue weighted by atomic mass is 35.5. The first-order valence-electron chi connectivity index (χ1n) is 9.29. The van der Waals surface area contributed by atoms with Crippen molar-refractivity contribution in [2.75, 3.05) is 26.2 Å². The number of benzene rings is 1. The summed E-state index contributed by atoms with van der Waals surface area (Å²) in [6.07, 6.45) is 2.75. The van der Waals surface area contributed by atoms with Crippen LogP contribution in [0.3, 0.4) is 0 Å². The summed E-state index contributed by atoms with van der Waals surface area (Å²) in [4.78, 5) is 27.8. The second-order valence-corrected chi connectivity index (χ2v) is 7.69. The smallest absolute Gasteiger partial charge is 0.317 e. The van der Waals surface area contributed by atoms with Gasteiger partial charge in [0.25, 0.3) is 0 Å². The third kappa shape index (κ3) is 5.35. The van der Waals surface area contributed by atoms with Crippen LogP contribution in [0.4, 0.5) is 4.79 Å². The largest absolute Gasteiger partial charge is 0.352 e. The molecule has 2 heterocycles. The zero-order valence-electron chi connectivity index (χ0n) is 15.2. The van der Waals surface area contributed by atoms with E-state index < -0.39 is 0 Å². The molecular weight excluding hydrogens is 352 g/mol. The fourth-order valence-electron chi connectivity index (χ4n) is 3.70. The molecule has 3 amide bonds. The molecule has 3 rings (SSSR count). The van der Waals surface area contributed by atoms with Crippen molar-refractivity contribution in [1.82, 2.24) is 20.4 Å². The van der Waals surface area contributed by atoms with E-state index in [2.05, 4.69) is 27.7 Å². The van der Waals surface area contributed by atoms with Gasteiger partial charge >= 0.3 is 6.03 Å². The van der Waals surface area contributed by atoms with Crippen molar-refractivity contribution in [3.05, 3.63) is 34.9 Å². The number of carbonyl (C=O) groups excluding carboxylic acids is 2. The minimum Gasteiger partial charge on any atom is -0.352 e. The lowest BCUT2D eigenvalue weighted by Gasteiger charge is -2.33. The van der Waals surface area contributed by atoms with E-state index in [1.54, 1.807) is 4.90 Å². The number of rotatable bonds is 4. The molecule has 2 fully saturated rings. The van der Waals surface area contributed by atoms with E-state index in [1.165, 1.54) is 12.5 Å². The lowest BCUT2D eigenvalue weighted by atomic mass is 10.0. The molecule has 142 valence electrons. The topological polar surface area (TPSA) is 64.7 Å². The Labute approximate surface area is 159 Å². The molecule has 2 N–H and O–H groups in total. The summed E-state index contributed by atoms with van der Waals surface area (Å²) in [7, 11) is 0. The lowest BCUT2D eigenvalue weighted by Crippen LogP contribution is -2.49. The summed E-state index contributed by atoms with van der Waals surface area (Å²) >= 11 is 5.93. The van der Waals surface area contributed by atoms with Crippen LogP contribution in [0.15, 0.2) is 24.3 Å². The van der Waals surface area contributed by atoms with Gasteiger partial charge in [0.15, 0.2) is 0 Å². The number of halogens is 1. The molecule has 0 bridgehead atoms. The Morgan fingerprint density at radius 2 is 1.69 bits per heavy atom. The predicted octanol–water partition coefficient (Wildman–Crippen LogP) is 2.22. The van der Waals surface area contributed by atoms with Crippen molar-refractivity contribution in [2.24, 2.45) is 0 Å². The van der Waals surface area contributed by atoms with Crippen LogP contribution in [0, 0.1) is 0 Å². The summed E-state index contributed by atoms with van der Waals surface area (Å²) in [6, 6.07) is 8.28. The first kappa shape index (κ1) is 19.0. The van der Waals surface area contributed by atoms with Gasteiger partial charge < -0.3 is 15.5 Å². The molecule has 0 saturated carbocycles. The number of carbonyl (C=O) groups is 2. The van der Waals surface area contributed by atoms with Crippen LogP contribution in [-0.4, -0.2) is 60.0 Å². The Morgan fingerprint density at radius 1 is 1.04 bits per heavy atom. The molecule has 2 aliphatic heterocycles. The highest BCUT2D eigenvalue weighted by Crippen LogP contribution is 2.17. The molecule has 0 aliphatic carbocycles. The van der Waals surface area contributed by atoms with Gasteiger partial charge in [-0.15, -0.1) is 0 Å². The molecule has 1 aromatic carbocycles. The van der Waals surface area contributed by atoms with Gasteiger partial charge in [-0.05, 0) is 37.0 Å². The van der Waals surface area contributed by atoms with Gasteiger partial charge in [0.1, 0.15) is 0 Å². The third-order valence-corrected chi connectivity index (χ3v) is 5.37. The van der Waals surface area contributed by atoms with Gasteiger partial charge in [-0.25, -0.2) is 4.79 Å². The number of nitrogens with zero attached hydrogens (tertiary/aromatic N) is 2. The fraction of sp³-hybridized carbons (Fsp3) is 0.579. The molecular formula is C19H27ClN4O2. The Hall–Kier alpha value is -1.79.